The molecule has 0 aliphatic rings. The zero-order chi connectivity index (χ0) is 33.5. The van der Waals surface area contributed by atoms with Crippen molar-refractivity contribution in [3.63, 3.8) is 0 Å². The van der Waals surface area contributed by atoms with Crippen LogP contribution in [-0.2, 0) is 17.8 Å². The summed E-state index contributed by atoms with van der Waals surface area (Å²) < 4.78 is 5.88. The SMILES string of the molecule is CCCCCCCCCCCCCCCCCCCCCCCCCCCC(CCc1ccc(OCc2ccccc2)cc1)C(=O)O. The van der Waals surface area contributed by atoms with E-state index in [9.17, 15) is 9.90 Å². The molecule has 0 aromatic heterocycles. The molecule has 0 spiro atoms. The topological polar surface area (TPSA) is 46.5 Å². The van der Waals surface area contributed by atoms with Gasteiger partial charge in [-0.1, -0.05) is 210 Å². The third-order valence-electron chi connectivity index (χ3n) is 9.96. The number of hydrogen-bond acceptors (Lipinski definition) is 2. The highest BCUT2D eigenvalue weighted by Crippen LogP contribution is 2.21. The molecule has 0 aliphatic carbocycles. The Hall–Kier alpha value is -2.29. The van der Waals surface area contributed by atoms with Gasteiger partial charge in [-0.3, -0.25) is 4.79 Å². The molecule has 0 bridgehead atoms. The number of carbonyl (C=O) groups is 1. The summed E-state index contributed by atoms with van der Waals surface area (Å²) in [5.41, 5.74) is 2.33. The maximum absolute atomic E-state index is 11.8. The van der Waals surface area contributed by atoms with Crippen molar-refractivity contribution in [2.75, 3.05) is 0 Å². The molecule has 0 saturated heterocycles. The van der Waals surface area contributed by atoms with E-state index in [-0.39, 0.29) is 5.92 Å². The lowest BCUT2D eigenvalue weighted by Crippen LogP contribution is -2.14. The molecule has 1 unspecified atom stereocenters. The van der Waals surface area contributed by atoms with Crippen molar-refractivity contribution in [2.24, 2.45) is 5.92 Å². The fourth-order valence-electron chi connectivity index (χ4n) is 6.76. The molecule has 0 radical (unpaired) electrons. The largest absolute Gasteiger partial charge is 0.489 e. The van der Waals surface area contributed by atoms with E-state index in [4.69, 9.17) is 4.74 Å². The lowest BCUT2D eigenvalue weighted by molar-refractivity contribution is -0.142. The Morgan fingerprint density at radius 1 is 0.511 bits per heavy atom. The fourth-order valence-corrected chi connectivity index (χ4v) is 6.76. The summed E-state index contributed by atoms with van der Waals surface area (Å²) in [4.78, 5) is 11.8. The first-order valence-corrected chi connectivity index (χ1v) is 20.2. The third kappa shape index (κ3) is 23.6. The lowest BCUT2D eigenvalue weighted by Gasteiger charge is -2.13. The number of benzene rings is 2. The molecular weight excluding hydrogens is 576 g/mol. The van der Waals surface area contributed by atoms with Crippen LogP contribution in [0.15, 0.2) is 54.6 Å². The molecule has 3 nitrogen and oxygen atoms in total. The third-order valence-corrected chi connectivity index (χ3v) is 9.96. The van der Waals surface area contributed by atoms with Gasteiger partial charge >= 0.3 is 5.97 Å². The van der Waals surface area contributed by atoms with Gasteiger partial charge in [-0.25, -0.2) is 0 Å². The summed E-state index contributed by atoms with van der Waals surface area (Å²) in [6, 6.07) is 18.3. The average molecular weight is 649 g/mol. The van der Waals surface area contributed by atoms with Crippen molar-refractivity contribution in [1.29, 1.82) is 0 Å². The molecule has 2 aromatic carbocycles. The van der Waals surface area contributed by atoms with Gasteiger partial charge < -0.3 is 9.84 Å². The first kappa shape index (κ1) is 40.9. The Morgan fingerprint density at radius 3 is 1.32 bits per heavy atom. The van der Waals surface area contributed by atoms with E-state index in [1.165, 1.54) is 153 Å². The number of aryl methyl sites for hydroxylation is 1. The van der Waals surface area contributed by atoms with Gasteiger partial charge in [0.15, 0.2) is 0 Å². The molecule has 2 rings (SSSR count). The second kappa shape index (κ2) is 29.8. The van der Waals surface area contributed by atoms with E-state index in [0.717, 1.165) is 37.0 Å². The molecule has 0 amide bonds. The van der Waals surface area contributed by atoms with Gasteiger partial charge in [-0.05, 0) is 42.5 Å². The molecule has 0 saturated carbocycles. The molecule has 1 N–H and O–H groups in total. The predicted molar refractivity (Wildman–Crippen MR) is 202 cm³/mol. The summed E-state index contributed by atoms with van der Waals surface area (Å²) in [7, 11) is 0. The van der Waals surface area contributed by atoms with E-state index < -0.39 is 5.97 Å². The highest BCUT2D eigenvalue weighted by molar-refractivity contribution is 5.69. The van der Waals surface area contributed by atoms with Crippen molar-refractivity contribution < 1.29 is 14.6 Å². The second-order valence-electron chi connectivity index (χ2n) is 14.3. The quantitative estimate of drug-likeness (QED) is 0.0783. The highest BCUT2D eigenvalue weighted by Gasteiger charge is 2.16. The zero-order valence-electron chi connectivity index (χ0n) is 30.5. The first-order valence-electron chi connectivity index (χ1n) is 20.2. The Bertz CT molecular complexity index is 954. The van der Waals surface area contributed by atoms with Crippen molar-refractivity contribution in [3.05, 3.63) is 65.7 Å². The number of ether oxygens (including phenoxy) is 1. The summed E-state index contributed by atoms with van der Waals surface area (Å²) in [5, 5.41) is 9.74. The Balaban J connectivity index is 1.32. The molecule has 0 fully saturated rings. The number of carboxylic acids is 1. The molecule has 0 aliphatic heterocycles. The highest BCUT2D eigenvalue weighted by atomic mass is 16.5. The minimum Gasteiger partial charge on any atom is -0.489 e. The van der Waals surface area contributed by atoms with Gasteiger partial charge in [0.05, 0.1) is 5.92 Å². The predicted octanol–water partition coefficient (Wildman–Crippen LogP) is 14.1. The van der Waals surface area contributed by atoms with E-state index >= 15 is 0 Å². The van der Waals surface area contributed by atoms with Crippen molar-refractivity contribution in [3.8, 4) is 5.75 Å². The molecular formula is C44H72O3. The Morgan fingerprint density at radius 2 is 0.915 bits per heavy atom. The molecule has 0 heterocycles. The van der Waals surface area contributed by atoms with Gasteiger partial charge in [0.2, 0.25) is 0 Å². The molecule has 47 heavy (non-hydrogen) atoms. The monoisotopic (exact) mass is 649 g/mol. The fraction of sp³-hybridized carbons (Fsp3) is 0.705. The standard InChI is InChI=1S/C44H72O3/c1-2-3-4-5-6-7-8-9-10-11-12-13-14-15-16-17-18-19-20-21-22-23-24-25-29-32-42(44(45)46)36-33-40-34-37-43(38-35-40)47-39-41-30-27-26-28-31-41/h26-28,30-31,34-35,37-38,42H,2-25,29,32-33,36,39H2,1H3,(H,45,46). The van der Waals surface area contributed by atoms with E-state index in [1.807, 2.05) is 30.3 Å². The minimum atomic E-state index is -0.642. The maximum Gasteiger partial charge on any atom is 0.306 e. The van der Waals surface area contributed by atoms with Gasteiger partial charge in [-0.2, -0.15) is 0 Å². The van der Waals surface area contributed by atoms with E-state index in [0.29, 0.717) is 13.0 Å². The van der Waals surface area contributed by atoms with Gasteiger partial charge in [0.1, 0.15) is 12.4 Å². The van der Waals surface area contributed by atoms with Crippen LogP contribution >= 0.6 is 0 Å². The van der Waals surface area contributed by atoms with Crippen LogP contribution in [0.3, 0.4) is 0 Å². The number of hydrogen-bond donors (Lipinski definition) is 1. The summed E-state index contributed by atoms with van der Waals surface area (Å²) in [5.74, 6) is -0.0338. The first-order chi connectivity index (χ1) is 23.2. The van der Waals surface area contributed by atoms with Gasteiger partial charge in [0, 0.05) is 0 Å². The van der Waals surface area contributed by atoms with Crippen molar-refractivity contribution in [1.82, 2.24) is 0 Å². The number of rotatable bonds is 33. The lowest BCUT2D eigenvalue weighted by atomic mass is 9.93. The normalized spacial score (nSPS) is 11.9. The zero-order valence-corrected chi connectivity index (χ0v) is 30.5. The van der Waals surface area contributed by atoms with Gasteiger partial charge in [-0.15, -0.1) is 0 Å². The van der Waals surface area contributed by atoms with Crippen molar-refractivity contribution in [2.45, 2.75) is 193 Å². The van der Waals surface area contributed by atoms with Crippen LogP contribution in [-0.4, -0.2) is 11.1 Å². The summed E-state index contributed by atoms with van der Waals surface area (Å²) in [6.45, 7) is 2.85. The minimum absolute atomic E-state index is 0.242. The van der Waals surface area contributed by atoms with E-state index in [1.54, 1.807) is 0 Å². The van der Waals surface area contributed by atoms with Crippen LogP contribution in [0.2, 0.25) is 0 Å². The Labute approximate surface area is 290 Å². The smallest absolute Gasteiger partial charge is 0.306 e. The average Bonchev–Trinajstić information content (AvgIpc) is 3.09. The summed E-state index contributed by atoms with van der Waals surface area (Å²) in [6.07, 6.45) is 37.1. The number of carboxylic acid groups (broad SMARTS) is 1. The van der Waals surface area contributed by atoms with Crippen LogP contribution < -0.4 is 4.74 Å². The molecule has 266 valence electrons. The van der Waals surface area contributed by atoms with Crippen LogP contribution in [0.5, 0.6) is 5.75 Å². The van der Waals surface area contributed by atoms with Crippen LogP contribution in [0.4, 0.5) is 0 Å². The summed E-state index contributed by atoms with van der Waals surface area (Å²) >= 11 is 0. The van der Waals surface area contributed by atoms with Crippen LogP contribution in [0, 0.1) is 5.92 Å². The number of unbranched alkanes of at least 4 members (excludes halogenated alkanes) is 24. The molecule has 1 atom stereocenters. The Kier molecular flexibility index (Phi) is 25.9. The molecule has 3 heteroatoms. The maximum atomic E-state index is 11.8. The number of aliphatic carboxylic acids is 1. The van der Waals surface area contributed by atoms with Crippen LogP contribution in [0.25, 0.3) is 0 Å². The van der Waals surface area contributed by atoms with Crippen molar-refractivity contribution >= 4 is 5.97 Å². The van der Waals surface area contributed by atoms with Gasteiger partial charge in [0.25, 0.3) is 0 Å². The van der Waals surface area contributed by atoms with E-state index in [2.05, 4.69) is 31.2 Å². The molecule has 2 aromatic rings. The van der Waals surface area contributed by atoms with Crippen LogP contribution in [0.1, 0.15) is 191 Å². The second-order valence-corrected chi connectivity index (χ2v) is 14.3.